The first-order valence-corrected chi connectivity index (χ1v) is 11.4. The van der Waals surface area contributed by atoms with Gasteiger partial charge in [-0.3, -0.25) is 10.00 Å². The first kappa shape index (κ1) is 18.8. The lowest BCUT2D eigenvalue weighted by molar-refractivity contribution is 0.148. The van der Waals surface area contributed by atoms with Crippen molar-refractivity contribution in [2.75, 3.05) is 31.1 Å². The molecule has 31 heavy (non-hydrogen) atoms. The van der Waals surface area contributed by atoms with Gasteiger partial charge in [0.25, 0.3) is 0 Å². The Hall–Kier alpha value is -2.93. The van der Waals surface area contributed by atoms with Crippen LogP contribution in [0.1, 0.15) is 32.1 Å². The maximum absolute atomic E-state index is 13.5. The van der Waals surface area contributed by atoms with Crippen LogP contribution in [-0.4, -0.2) is 57.3 Å². The summed E-state index contributed by atoms with van der Waals surface area (Å²) in [5.41, 5.74) is 4.54. The van der Waals surface area contributed by atoms with Crippen molar-refractivity contribution < 1.29 is 4.39 Å². The molecule has 0 radical (unpaired) electrons. The van der Waals surface area contributed by atoms with Gasteiger partial charge in [0.1, 0.15) is 11.5 Å². The van der Waals surface area contributed by atoms with Crippen molar-refractivity contribution in [3.63, 3.8) is 0 Å². The summed E-state index contributed by atoms with van der Waals surface area (Å²) in [5, 5.41) is 8.13. The van der Waals surface area contributed by atoms with E-state index in [1.54, 1.807) is 6.07 Å². The number of aromatic amines is 2. The zero-order valence-electron chi connectivity index (χ0n) is 17.6. The van der Waals surface area contributed by atoms with Crippen LogP contribution in [0, 0.1) is 5.82 Å². The number of imidazole rings is 1. The number of benzene rings is 2. The Labute approximate surface area is 180 Å². The van der Waals surface area contributed by atoms with Crippen LogP contribution >= 0.6 is 0 Å². The lowest BCUT2D eigenvalue weighted by atomic mass is 9.94. The van der Waals surface area contributed by atoms with Gasteiger partial charge in [-0.05, 0) is 49.2 Å². The first-order chi connectivity index (χ1) is 15.2. The van der Waals surface area contributed by atoms with Gasteiger partial charge in [-0.1, -0.05) is 19.3 Å². The molecule has 6 nitrogen and oxygen atoms in total. The second-order valence-corrected chi connectivity index (χ2v) is 8.86. The third kappa shape index (κ3) is 3.47. The molecular weight excluding hydrogens is 391 g/mol. The van der Waals surface area contributed by atoms with Gasteiger partial charge in [-0.25, -0.2) is 9.37 Å². The van der Waals surface area contributed by atoms with Gasteiger partial charge in [0.15, 0.2) is 5.82 Å². The van der Waals surface area contributed by atoms with E-state index in [1.807, 2.05) is 0 Å². The third-order valence-electron chi connectivity index (χ3n) is 6.99. The number of piperazine rings is 1. The molecule has 1 saturated carbocycles. The van der Waals surface area contributed by atoms with E-state index in [0.29, 0.717) is 17.0 Å². The molecule has 1 aliphatic heterocycles. The van der Waals surface area contributed by atoms with Crippen LogP contribution in [0.5, 0.6) is 0 Å². The van der Waals surface area contributed by atoms with E-state index >= 15 is 0 Å². The molecule has 7 heteroatoms. The second kappa shape index (κ2) is 7.64. The molecule has 0 spiro atoms. The molecule has 0 amide bonds. The maximum atomic E-state index is 13.5. The highest BCUT2D eigenvalue weighted by atomic mass is 19.1. The Balaban J connectivity index is 1.23. The van der Waals surface area contributed by atoms with Crippen LogP contribution in [0.2, 0.25) is 0 Å². The maximum Gasteiger partial charge on any atom is 0.159 e. The molecule has 3 heterocycles. The van der Waals surface area contributed by atoms with Crippen molar-refractivity contribution in [1.29, 1.82) is 0 Å². The fourth-order valence-electron chi connectivity index (χ4n) is 5.27. The third-order valence-corrected chi connectivity index (χ3v) is 6.99. The fraction of sp³-hybridized carbons (Fsp3) is 0.417. The molecule has 1 saturated heterocycles. The number of halogens is 1. The Kier molecular flexibility index (Phi) is 4.64. The van der Waals surface area contributed by atoms with Crippen molar-refractivity contribution >= 4 is 27.6 Å². The summed E-state index contributed by atoms with van der Waals surface area (Å²) >= 11 is 0. The standard InChI is InChI=1S/C24H27FN6/c25-16-6-8-19-21(14-16)28-29-23(19)24-26-20-9-7-18(15-22(20)27-24)31-12-10-30(11-13-31)17-4-2-1-3-5-17/h6-9,14-15,17H,1-5,10-13H2,(H,26,27)(H,28,29). The SMILES string of the molecule is Fc1ccc2c(-c3nc4ccc(N5CCN(C6CCCCC6)CC5)cc4[nH]3)n[nH]c2c1. The summed E-state index contributed by atoms with van der Waals surface area (Å²) in [7, 11) is 0. The number of hydrogen-bond acceptors (Lipinski definition) is 4. The minimum Gasteiger partial charge on any atom is -0.369 e. The highest BCUT2D eigenvalue weighted by Crippen LogP contribution is 2.29. The van der Waals surface area contributed by atoms with E-state index in [-0.39, 0.29) is 5.82 Å². The number of nitrogens with one attached hydrogen (secondary N) is 2. The summed E-state index contributed by atoms with van der Waals surface area (Å²) in [4.78, 5) is 13.3. The van der Waals surface area contributed by atoms with Crippen molar-refractivity contribution in [3.05, 3.63) is 42.2 Å². The Morgan fingerprint density at radius 2 is 1.74 bits per heavy atom. The summed E-state index contributed by atoms with van der Waals surface area (Å²) in [6, 6.07) is 11.9. The minimum absolute atomic E-state index is 0.277. The lowest BCUT2D eigenvalue weighted by Crippen LogP contribution is -2.50. The van der Waals surface area contributed by atoms with Crippen LogP contribution in [0.25, 0.3) is 33.5 Å². The highest BCUT2D eigenvalue weighted by Gasteiger charge is 2.25. The Bertz CT molecular complexity index is 1210. The van der Waals surface area contributed by atoms with Gasteiger partial charge in [0.05, 0.1) is 16.6 Å². The summed E-state index contributed by atoms with van der Waals surface area (Å²) in [5.74, 6) is 0.424. The molecule has 1 aliphatic carbocycles. The van der Waals surface area contributed by atoms with E-state index in [2.05, 4.69) is 43.2 Å². The number of aromatic nitrogens is 4. The molecule has 0 unspecified atom stereocenters. The van der Waals surface area contributed by atoms with Gasteiger partial charge in [0.2, 0.25) is 0 Å². The van der Waals surface area contributed by atoms with Crippen LogP contribution in [0.4, 0.5) is 10.1 Å². The van der Waals surface area contributed by atoms with E-state index in [4.69, 9.17) is 4.98 Å². The molecule has 2 N–H and O–H groups in total. The number of hydrogen-bond donors (Lipinski definition) is 2. The van der Waals surface area contributed by atoms with Crippen molar-refractivity contribution in [1.82, 2.24) is 25.1 Å². The first-order valence-electron chi connectivity index (χ1n) is 11.4. The monoisotopic (exact) mass is 418 g/mol. The Morgan fingerprint density at radius 3 is 2.58 bits per heavy atom. The molecule has 160 valence electrons. The predicted octanol–water partition coefficient (Wildman–Crippen LogP) is 4.70. The van der Waals surface area contributed by atoms with Crippen LogP contribution in [0.15, 0.2) is 36.4 Å². The van der Waals surface area contributed by atoms with Crippen molar-refractivity contribution in [2.45, 2.75) is 38.1 Å². The fourth-order valence-corrected chi connectivity index (χ4v) is 5.27. The molecule has 0 bridgehead atoms. The second-order valence-electron chi connectivity index (χ2n) is 8.86. The summed E-state index contributed by atoms with van der Waals surface area (Å²) in [6.45, 7) is 4.43. The molecule has 0 atom stereocenters. The largest absolute Gasteiger partial charge is 0.369 e. The van der Waals surface area contributed by atoms with E-state index in [0.717, 1.165) is 48.6 Å². The van der Waals surface area contributed by atoms with E-state index < -0.39 is 0 Å². The number of nitrogens with zero attached hydrogens (tertiary/aromatic N) is 4. The molecule has 2 aliphatic rings. The average molecular weight is 419 g/mol. The molecule has 2 fully saturated rings. The number of rotatable bonds is 3. The normalized spacial score (nSPS) is 18.9. The van der Waals surface area contributed by atoms with Crippen LogP contribution in [-0.2, 0) is 0 Å². The number of H-pyrrole nitrogens is 2. The minimum atomic E-state index is -0.277. The topological polar surface area (TPSA) is 63.8 Å². The number of fused-ring (bicyclic) bond motifs is 2. The van der Waals surface area contributed by atoms with Gasteiger partial charge < -0.3 is 9.88 Å². The van der Waals surface area contributed by atoms with E-state index in [1.165, 1.54) is 49.9 Å². The predicted molar refractivity (Wildman–Crippen MR) is 122 cm³/mol. The van der Waals surface area contributed by atoms with E-state index in [9.17, 15) is 4.39 Å². The molecule has 4 aromatic rings. The van der Waals surface area contributed by atoms with Gasteiger partial charge in [-0.15, -0.1) is 0 Å². The van der Waals surface area contributed by atoms with Gasteiger partial charge in [-0.2, -0.15) is 5.10 Å². The average Bonchev–Trinajstić information content (AvgIpc) is 3.42. The van der Waals surface area contributed by atoms with Crippen molar-refractivity contribution in [2.24, 2.45) is 0 Å². The Morgan fingerprint density at radius 1 is 0.903 bits per heavy atom. The smallest absolute Gasteiger partial charge is 0.159 e. The summed E-state index contributed by atoms with van der Waals surface area (Å²) in [6.07, 6.45) is 6.94. The van der Waals surface area contributed by atoms with Crippen LogP contribution in [0.3, 0.4) is 0 Å². The van der Waals surface area contributed by atoms with Crippen molar-refractivity contribution in [3.8, 4) is 11.5 Å². The lowest BCUT2D eigenvalue weighted by Gasteiger charge is -2.41. The molecular formula is C24H27FN6. The molecule has 6 rings (SSSR count). The highest BCUT2D eigenvalue weighted by molar-refractivity contribution is 5.93. The van der Waals surface area contributed by atoms with Gasteiger partial charge >= 0.3 is 0 Å². The number of anilines is 1. The molecule has 2 aromatic carbocycles. The molecule has 2 aromatic heterocycles. The van der Waals surface area contributed by atoms with Crippen LogP contribution < -0.4 is 4.90 Å². The zero-order valence-corrected chi connectivity index (χ0v) is 17.6. The summed E-state index contributed by atoms with van der Waals surface area (Å²) < 4.78 is 13.5. The zero-order chi connectivity index (χ0) is 20.8. The van der Waals surface area contributed by atoms with Gasteiger partial charge in [0, 0.05) is 43.3 Å². The quantitative estimate of drug-likeness (QED) is 0.506.